The van der Waals surface area contributed by atoms with E-state index in [1.165, 1.54) is 0 Å². The quantitative estimate of drug-likeness (QED) is 0.358. The van der Waals surface area contributed by atoms with E-state index in [1.807, 2.05) is 0 Å². The largest absolute Gasteiger partial charge is 0.416 e. The van der Waals surface area contributed by atoms with Gasteiger partial charge in [-0.15, -0.1) is 0 Å². The van der Waals surface area contributed by atoms with Crippen molar-refractivity contribution in [3.05, 3.63) is 23.8 Å². The molecule has 0 atom stereocenters. The molecule has 0 radical (unpaired) electrons. The Morgan fingerprint density at radius 2 is 1.85 bits per heavy atom. The molecule has 6 heteroatoms. The number of alkyl halides is 3. The Hall–Kier alpha value is -1.43. The summed E-state index contributed by atoms with van der Waals surface area (Å²) in [6.45, 7) is 0. The summed E-state index contributed by atoms with van der Waals surface area (Å²) in [5, 5.41) is 0. The number of halogens is 3. The second-order valence-electron chi connectivity index (χ2n) is 2.44. The maximum absolute atomic E-state index is 12.1. The molecule has 1 rings (SSSR count). The van der Waals surface area contributed by atoms with Crippen molar-refractivity contribution in [1.82, 2.24) is 0 Å². The molecule has 3 nitrogen and oxygen atoms in total. The summed E-state index contributed by atoms with van der Waals surface area (Å²) < 4.78 is 36.4. The van der Waals surface area contributed by atoms with Crippen molar-refractivity contribution in [3.63, 3.8) is 0 Å². The van der Waals surface area contributed by atoms with Gasteiger partial charge in [-0.1, -0.05) is 0 Å². The van der Waals surface area contributed by atoms with Gasteiger partial charge < -0.3 is 11.2 Å². The molecule has 72 valence electrons. The minimum atomic E-state index is -4.38. The zero-order chi connectivity index (χ0) is 10.1. The van der Waals surface area contributed by atoms with Crippen LogP contribution in [0.1, 0.15) is 5.56 Å². The molecule has 0 spiro atoms. The second kappa shape index (κ2) is 3.14. The van der Waals surface area contributed by atoms with Crippen LogP contribution in [-0.2, 0) is 6.18 Å². The van der Waals surface area contributed by atoms with E-state index in [0.717, 1.165) is 18.2 Å². The van der Waals surface area contributed by atoms with Gasteiger partial charge >= 0.3 is 6.18 Å². The van der Waals surface area contributed by atoms with Gasteiger partial charge in [-0.05, 0) is 18.2 Å². The van der Waals surface area contributed by atoms with Gasteiger partial charge in [-0.2, -0.15) is 13.2 Å². The zero-order valence-corrected chi connectivity index (χ0v) is 6.52. The lowest BCUT2D eigenvalue weighted by atomic mass is 10.1. The fourth-order valence-electron chi connectivity index (χ4n) is 0.858. The van der Waals surface area contributed by atoms with Crippen LogP contribution in [0.5, 0.6) is 0 Å². The Kier molecular flexibility index (Phi) is 2.33. The van der Waals surface area contributed by atoms with E-state index in [2.05, 4.69) is 5.43 Å². The average Bonchev–Trinajstić information content (AvgIpc) is 2.03. The summed E-state index contributed by atoms with van der Waals surface area (Å²) in [6.07, 6.45) is -4.38. The molecule has 0 amide bonds. The number of rotatable bonds is 1. The first-order chi connectivity index (χ1) is 5.95. The molecule has 0 aliphatic heterocycles. The Bertz CT molecular complexity index is 308. The maximum Gasteiger partial charge on any atom is 0.416 e. The van der Waals surface area contributed by atoms with Gasteiger partial charge in [0.25, 0.3) is 0 Å². The third-order valence-corrected chi connectivity index (χ3v) is 1.54. The highest BCUT2D eigenvalue weighted by Crippen LogP contribution is 2.32. The maximum atomic E-state index is 12.1. The van der Waals surface area contributed by atoms with Crippen molar-refractivity contribution >= 4 is 11.4 Å². The average molecular weight is 191 g/mol. The molecule has 0 aromatic heterocycles. The van der Waals surface area contributed by atoms with Gasteiger partial charge in [0.15, 0.2) is 0 Å². The van der Waals surface area contributed by atoms with E-state index >= 15 is 0 Å². The number of hydrazine groups is 1. The smallest absolute Gasteiger partial charge is 0.397 e. The summed E-state index contributed by atoms with van der Waals surface area (Å²) in [6, 6.07) is 2.91. The van der Waals surface area contributed by atoms with E-state index in [1.54, 1.807) is 0 Å². The molecule has 0 saturated heterocycles. The zero-order valence-electron chi connectivity index (χ0n) is 6.52. The Labute approximate surface area is 72.5 Å². The lowest BCUT2D eigenvalue weighted by Crippen LogP contribution is -2.12. The molecule has 5 N–H and O–H groups in total. The summed E-state index contributed by atoms with van der Waals surface area (Å²) in [7, 11) is 0. The van der Waals surface area contributed by atoms with Gasteiger partial charge in [-0.3, -0.25) is 5.84 Å². The van der Waals surface area contributed by atoms with Crippen molar-refractivity contribution in [2.45, 2.75) is 6.18 Å². The molecule has 1 aromatic rings. The number of hydrogen-bond acceptors (Lipinski definition) is 3. The molecular formula is C7H8F3N3. The van der Waals surface area contributed by atoms with E-state index in [4.69, 9.17) is 11.6 Å². The van der Waals surface area contributed by atoms with E-state index in [0.29, 0.717) is 0 Å². The van der Waals surface area contributed by atoms with Crippen molar-refractivity contribution < 1.29 is 13.2 Å². The highest BCUT2D eigenvalue weighted by atomic mass is 19.4. The predicted octanol–water partition coefficient (Wildman–Crippen LogP) is 1.57. The minimum Gasteiger partial charge on any atom is -0.397 e. The minimum absolute atomic E-state index is 0.0647. The van der Waals surface area contributed by atoms with Crippen molar-refractivity contribution in [2.24, 2.45) is 5.84 Å². The van der Waals surface area contributed by atoms with Gasteiger partial charge in [-0.25, -0.2) is 0 Å². The Morgan fingerprint density at radius 1 is 1.23 bits per heavy atom. The van der Waals surface area contributed by atoms with Crippen LogP contribution in [0.2, 0.25) is 0 Å². The first-order valence-electron chi connectivity index (χ1n) is 3.38. The number of nitrogen functional groups attached to an aromatic ring is 2. The third-order valence-electron chi connectivity index (χ3n) is 1.54. The lowest BCUT2D eigenvalue weighted by molar-refractivity contribution is -0.137. The molecule has 0 heterocycles. The molecule has 1 aromatic carbocycles. The van der Waals surface area contributed by atoms with Crippen LogP contribution >= 0.6 is 0 Å². The number of benzene rings is 1. The summed E-state index contributed by atoms with van der Waals surface area (Å²) in [5.74, 6) is 4.97. The molecule has 0 bridgehead atoms. The molecule has 0 fully saturated rings. The van der Waals surface area contributed by atoms with Crippen molar-refractivity contribution in [2.75, 3.05) is 11.2 Å². The summed E-state index contributed by atoms with van der Waals surface area (Å²) in [5.41, 5.74) is 6.87. The molecule has 13 heavy (non-hydrogen) atoms. The van der Waals surface area contributed by atoms with Crippen LogP contribution in [0, 0.1) is 0 Å². The number of anilines is 2. The summed E-state index contributed by atoms with van der Waals surface area (Å²) >= 11 is 0. The van der Waals surface area contributed by atoms with Gasteiger partial charge in [0, 0.05) is 0 Å². The molecule has 0 aliphatic carbocycles. The predicted molar refractivity (Wildman–Crippen MR) is 43.7 cm³/mol. The lowest BCUT2D eigenvalue weighted by Gasteiger charge is -2.10. The first kappa shape index (κ1) is 9.66. The Balaban J connectivity index is 3.14. The number of nitrogens with one attached hydrogen (secondary N) is 1. The third kappa shape index (κ3) is 2.03. The van der Waals surface area contributed by atoms with Crippen LogP contribution in [-0.4, -0.2) is 0 Å². The van der Waals surface area contributed by atoms with Crippen LogP contribution in [0.4, 0.5) is 24.5 Å². The topological polar surface area (TPSA) is 64.1 Å². The van der Waals surface area contributed by atoms with Crippen LogP contribution in [0.15, 0.2) is 18.2 Å². The van der Waals surface area contributed by atoms with Gasteiger partial charge in [0.2, 0.25) is 0 Å². The van der Waals surface area contributed by atoms with Crippen molar-refractivity contribution in [3.8, 4) is 0 Å². The first-order valence-corrected chi connectivity index (χ1v) is 3.38. The normalized spacial score (nSPS) is 11.4. The Morgan fingerprint density at radius 3 is 2.31 bits per heavy atom. The molecule has 0 unspecified atom stereocenters. The van der Waals surface area contributed by atoms with Crippen LogP contribution in [0.3, 0.4) is 0 Å². The molecular weight excluding hydrogens is 183 g/mol. The highest BCUT2D eigenvalue weighted by molar-refractivity contribution is 5.66. The number of nitrogens with two attached hydrogens (primary N) is 2. The molecule has 0 aliphatic rings. The number of hydrogen-bond donors (Lipinski definition) is 3. The van der Waals surface area contributed by atoms with Crippen molar-refractivity contribution in [1.29, 1.82) is 0 Å². The monoisotopic (exact) mass is 191 g/mol. The highest BCUT2D eigenvalue weighted by Gasteiger charge is 2.30. The van der Waals surface area contributed by atoms with Gasteiger partial charge in [0.05, 0.1) is 16.9 Å². The fraction of sp³-hybridized carbons (Fsp3) is 0.143. The second-order valence-corrected chi connectivity index (χ2v) is 2.44. The van der Waals surface area contributed by atoms with Gasteiger partial charge in [0.1, 0.15) is 0 Å². The van der Waals surface area contributed by atoms with Crippen LogP contribution in [0.25, 0.3) is 0 Å². The van der Waals surface area contributed by atoms with E-state index < -0.39 is 11.7 Å². The fourth-order valence-corrected chi connectivity index (χ4v) is 0.858. The molecule has 0 saturated carbocycles. The van der Waals surface area contributed by atoms with E-state index in [9.17, 15) is 13.2 Å². The standard InChI is InChI=1S/C7H8F3N3/c8-7(9,10)4-1-2-5(11)6(3-4)13-12/h1-3,13H,11-12H2. The van der Waals surface area contributed by atoms with Crippen LogP contribution < -0.4 is 17.0 Å². The summed E-state index contributed by atoms with van der Waals surface area (Å²) in [4.78, 5) is 0. The SMILES string of the molecule is NNc1cc(C(F)(F)F)ccc1N. The van der Waals surface area contributed by atoms with E-state index in [-0.39, 0.29) is 11.4 Å².